The van der Waals surface area contributed by atoms with Crippen LogP contribution < -0.4 is 56.3 Å². The molecule has 0 aliphatic carbocycles. The van der Waals surface area contributed by atoms with Gasteiger partial charge >= 0.3 is 51.4 Å². The third kappa shape index (κ3) is 9.01. The minimum Gasteiger partial charge on any atom is -0.811 e. The van der Waals surface area contributed by atoms with Gasteiger partial charge in [-0.2, -0.15) is 0 Å². The Hall–Kier alpha value is 1.99. The Labute approximate surface area is 69.0 Å². The van der Waals surface area contributed by atoms with E-state index in [0.29, 0.717) is 0 Å². The zero-order valence-electron chi connectivity index (χ0n) is 2.36. The molecule has 0 aliphatic rings. The molecule has 0 aromatic carbocycles. The molecule has 0 aromatic heterocycles. The Morgan fingerprint density at radius 3 is 1.75 bits per heavy atom. The van der Waals surface area contributed by atoms with Gasteiger partial charge in [0.05, 0.1) is 0 Å². The summed E-state index contributed by atoms with van der Waals surface area (Å²) < 4.78 is 0. The van der Waals surface area contributed by atoms with Crippen LogP contribution in [0.1, 0.15) is 0 Å². The maximum absolute atomic E-state index is 8.51. The second-order valence-corrected chi connectivity index (χ2v) is 0.274. The monoisotopic (exact) mass is 104 g/mol. The fourth-order valence-corrected chi connectivity index (χ4v) is 0. The Morgan fingerprint density at radius 1 is 1.75 bits per heavy atom. The van der Waals surface area contributed by atoms with Crippen molar-refractivity contribution in [1.82, 2.24) is 0 Å². The average Bonchev–Trinajstić information content (AvgIpc) is 0.918. The van der Waals surface area contributed by atoms with Gasteiger partial charge in [-0.05, 0) is 0 Å². The van der Waals surface area contributed by atoms with Gasteiger partial charge in [-0.1, -0.05) is 9.03 Å². The first-order valence-electron chi connectivity index (χ1n) is 0.428. The van der Waals surface area contributed by atoms with E-state index in [1.807, 2.05) is 0 Å². The van der Waals surface area contributed by atoms with Crippen LogP contribution in [0, 0.1) is 0 Å². The van der Waals surface area contributed by atoms with E-state index < -0.39 is 9.03 Å². The van der Waals surface area contributed by atoms with Gasteiger partial charge < -0.3 is 9.79 Å². The summed E-state index contributed by atoms with van der Waals surface area (Å²) in [5.74, 6) is 0. The Balaban J connectivity index is 0. The van der Waals surface area contributed by atoms with Crippen molar-refractivity contribution in [2.75, 3.05) is 0 Å². The molecular formula is H2KO2P. The first kappa shape index (κ1) is 9.37. The van der Waals surface area contributed by atoms with Crippen molar-refractivity contribution in [3.8, 4) is 0 Å². The van der Waals surface area contributed by atoms with E-state index >= 15 is 0 Å². The van der Waals surface area contributed by atoms with Gasteiger partial charge in [0.1, 0.15) is 0 Å². The molecule has 0 saturated carbocycles. The molecule has 4 heteroatoms. The molecular weight excluding hydrogens is 102 g/mol. The van der Waals surface area contributed by atoms with Crippen LogP contribution in [0.2, 0.25) is 0 Å². The van der Waals surface area contributed by atoms with Crippen molar-refractivity contribution in [2.24, 2.45) is 0 Å². The Bertz CT molecular complexity index is 6.00. The van der Waals surface area contributed by atoms with E-state index in [1.54, 1.807) is 0 Å². The van der Waals surface area contributed by atoms with Gasteiger partial charge in [-0.25, -0.2) is 0 Å². The molecule has 1 unspecified atom stereocenters. The molecule has 0 heterocycles. The fourth-order valence-electron chi connectivity index (χ4n) is 0. The van der Waals surface area contributed by atoms with Gasteiger partial charge in [-0.3, -0.25) is 0 Å². The molecule has 0 saturated heterocycles. The maximum Gasteiger partial charge on any atom is 1.00 e. The summed E-state index contributed by atoms with van der Waals surface area (Å²) >= 11 is 0. The predicted octanol–water partition coefficient (Wildman–Crippen LogP) is -4.15. The van der Waals surface area contributed by atoms with Crippen LogP contribution in [-0.2, 0) is 0 Å². The van der Waals surface area contributed by atoms with E-state index in [-0.39, 0.29) is 51.4 Å². The zero-order chi connectivity index (χ0) is 2.71. The third-order valence-electron chi connectivity index (χ3n) is 0. The van der Waals surface area contributed by atoms with Crippen LogP contribution >= 0.6 is 9.03 Å². The minimum atomic E-state index is -1.17. The molecule has 0 aromatic rings. The molecule has 0 bridgehead atoms. The summed E-state index contributed by atoms with van der Waals surface area (Å²) in [6.07, 6.45) is 0. The molecule has 0 radical (unpaired) electrons. The number of rotatable bonds is 0. The first-order valence-corrected chi connectivity index (χ1v) is 1.28. The van der Waals surface area contributed by atoms with Crippen molar-refractivity contribution >= 4 is 9.03 Å². The van der Waals surface area contributed by atoms with Gasteiger partial charge in [0.15, 0.2) is 0 Å². The zero-order valence-corrected chi connectivity index (χ0v) is 6.48. The van der Waals surface area contributed by atoms with Gasteiger partial charge in [0.25, 0.3) is 0 Å². The average molecular weight is 104 g/mol. The maximum atomic E-state index is 8.51. The topological polar surface area (TPSA) is 43.3 Å². The molecule has 0 spiro atoms. The van der Waals surface area contributed by atoms with E-state index in [9.17, 15) is 0 Å². The molecule has 1 atom stereocenters. The molecule has 0 aliphatic heterocycles. The van der Waals surface area contributed by atoms with E-state index in [2.05, 4.69) is 0 Å². The fraction of sp³-hybridized carbons (Fsp3) is 0. The standard InChI is InChI=1S/K.H2O2P/c;1-3-2/h;1,3H/q+1;-1. The summed E-state index contributed by atoms with van der Waals surface area (Å²) in [4.78, 5) is 15.6. The number of hydrogen-bond acceptors (Lipinski definition) is 2. The Kier molecular flexibility index (Phi) is 20.8. The van der Waals surface area contributed by atoms with E-state index in [1.165, 1.54) is 0 Å². The van der Waals surface area contributed by atoms with Crippen LogP contribution in [0.15, 0.2) is 0 Å². The Morgan fingerprint density at radius 2 is 1.75 bits per heavy atom. The molecule has 20 valence electrons. The van der Waals surface area contributed by atoms with Crippen molar-refractivity contribution < 1.29 is 61.2 Å². The molecule has 2 nitrogen and oxygen atoms in total. The second kappa shape index (κ2) is 8.88. The van der Waals surface area contributed by atoms with Crippen molar-refractivity contribution in [3.63, 3.8) is 0 Å². The minimum absolute atomic E-state index is 0. The summed E-state index contributed by atoms with van der Waals surface area (Å²) in [7, 11) is -1.17. The predicted molar refractivity (Wildman–Crippen MR) is 10.5 cm³/mol. The van der Waals surface area contributed by atoms with Gasteiger partial charge in [0, 0.05) is 0 Å². The molecule has 1 N–H and O–H groups in total. The van der Waals surface area contributed by atoms with Crippen LogP contribution in [0.25, 0.3) is 0 Å². The summed E-state index contributed by atoms with van der Waals surface area (Å²) in [6, 6.07) is 0. The molecule has 0 amide bonds. The van der Waals surface area contributed by atoms with E-state index in [0.717, 1.165) is 0 Å². The first-order chi connectivity index (χ1) is 1.41. The van der Waals surface area contributed by atoms with Crippen molar-refractivity contribution in [1.29, 1.82) is 0 Å². The van der Waals surface area contributed by atoms with Gasteiger partial charge in [-0.15, -0.1) is 0 Å². The van der Waals surface area contributed by atoms with Crippen molar-refractivity contribution in [3.05, 3.63) is 0 Å². The summed E-state index contributed by atoms with van der Waals surface area (Å²) in [5, 5.41) is 0. The third-order valence-corrected chi connectivity index (χ3v) is 0. The number of hydrogen-bond donors (Lipinski definition) is 1. The van der Waals surface area contributed by atoms with Crippen LogP contribution in [0.3, 0.4) is 0 Å². The second-order valence-electron chi connectivity index (χ2n) is 0.0913. The largest absolute Gasteiger partial charge is 1.00 e. The normalized spacial score (nSPS) is 7.50. The van der Waals surface area contributed by atoms with Crippen LogP contribution in [0.4, 0.5) is 0 Å². The SMILES string of the molecule is [K+].[O-]PO. The van der Waals surface area contributed by atoms with E-state index in [4.69, 9.17) is 9.79 Å². The quantitative estimate of drug-likeness (QED) is 0.250. The summed E-state index contributed by atoms with van der Waals surface area (Å²) in [6.45, 7) is 0. The van der Waals surface area contributed by atoms with Crippen LogP contribution in [-0.4, -0.2) is 4.89 Å². The molecule has 0 rings (SSSR count). The smallest absolute Gasteiger partial charge is 0.811 e. The van der Waals surface area contributed by atoms with Crippen LogP contribution in [0.5, 0.6) is 0 Å². The summed E-state index contributed by atoms with van der Waals surface area (Å²) in [5.41, 5.74) is 0. The van der Waals surface area contributed by atoms with Crippen molar-refractivity contribution in [2.45, 2.75) is 0 Å². The molecule has 4 heavy (non-hydrogen) atoms. The van der Waals surface area contributed by atoms with Gasteiger partial charge in [0.2, 0.25) is 0 Å². The molecule has 0 fully saturated rings.